The fourth-order valence-electron chi connectivity index (χ4n) is 5.25. The first-order chi connectivity index (χ1) is 23.2. The van der Waals surface area contributed by atoms with E-state index >= 15 is 0 Å². The highest BCUT2D eigenvalue weighted by atomic mass is 16.7. The molecule has 0 saturated carbocycles. The summed E-state index contributed by atoms with van der Waals surface area (Å²) < 4.78 is 10.7. The number of carbonyl (C=O) groups is 3. The fraction of sp³-hybridized carbons (Fsp3) is 0.323. The van der Waals surface area contributed by atoms with Gasteiger partial charge in [-0.2, -0.15) is 0 Å². The molecule has 3 aromatic rings. The van der Waals surface area contributed by atoms with E-state index in [0.29, 0.717) is 25.1 Å². The number of carbonyl (C=O) groups excluding carboxylic acids is 3. The van der Waals surface area contributed by atoms with Crippen LogP contribution in [-0.4, -0.2) is 51.5 Å². The zero-order valence-corrected chi connectivity index (χ0v) is 26.3. The van der Waals surface area contributed by atoms with Crippen molar-refractivity contribution in [2.24, 2.45) is 11.7 Å². The Kier molecular flexibility index (Phi) is 11.2. The van der Waals surface area contributed by atoms with Crippen LogP contribution in [0.3, 0.4) is 0 Å². The summed E-state index contributed by atoms with van der Waals surface area (Å²) in [5, 5.41) is 33.2. The molecule has 0 radical (unpaired) electrons. The molecule has 1 fully saturated rings. The van der Waals surface area contributed by atoms with Crippen LogP contribution in [0.15, 0.2) is 72.8 Å². The number of nitrogens with one attached hydrogen (secondary N) is 1. The van der Waals surface area contributed by atoms with Gasteiger partial charge in [0.2, 0.25) is 0 Å². The minimum Gasteiger partial charge on any atom is -0.430 e. The number of hydroxylamine groups is 1. The third-order valence-electron chi connectivity index (χ3n) is 7.58. The van der Waals surface area contributed by atoms with Gasteiger partial charge in [-0.1, -0.05) is 13.8 Å². The summed E-state index contributed by atoms with van der Waals surface area (Å²) in [5.41, 5.74) is 6.75. The number of nitro benzene ring substituents is 3. The van der Waals surface area contributed by atoms with Gasteiger partial charge in [0, 0.05) is 48.6 Å². The molecule has 4 rings (SSSR count). The summed E-state index contributed by atoms with van der Waals surface area (Å²) >= 11 is 0. The maximum atomic E-state index is 13.5. The topological polar surface area (TPSA) is 250 Å². The first-order valence-electron chi connectivity index (χ1n) is 14.9. The molecule has 3 aromatic carbocycles. The summed E-state index contributed by atoms with van der Waals surface area (Å²) in [4.78, 5) is 78.5. The summed E-state index contributed by atoms with van der Waals surface area (Å²) in [6, 6.07) is 13.9. The van der Waals surface area contributed by atoms with Crippen molar-refractivity contribution < 1.29 is 43.5 Å². The number of hydrogen-bond acceptors (Lipinski definition) is 15. The summed E-state index contributed by atoms with van der Waals surface area (Å²) in [7, 11) is 0. The smallest absolute Gasteiger partial charge is 0.371 e. The van der Waals surface area contributed by atoms with Gasteiger partial charge in [-0.05, 0) is 67.1 Å². The van der Waals surface area contributed by atoms with E-state index in [-0.39, 0.29) is 40.7 Å². The van der Waals surface area contributed by atoms with Gasteiger partial charge in [0.25, 0.3) is 23.3 Å². The van der Waals surface area contributed by atoms with Crippen molar-refractivity contribution in [3.63, 3.8) is 0 Å². The number of hydrogen-bond donors (Lipinski definition) is 2. The normalized spacial score (nSPS) is 15.9. The highest BCUT2D eigenvalue weighted by Crippen LogP contribution is 2.30. The molecule has 18 heteroatoms. The molecular formula is C31H32N6O12. The monoisotopic (exact) mass is 680 g/mol. The third-order valence-corrected chi connectivity index (χ3v) is 7.58. The largest absolute Gasteiger partial charge is 0.430 e. The predicted molar refractivity (Wildman–Crippen MR) is 170 cm³/mol. The zero-order valence-electron chi connectivity index (χ0n) is 26.3. The van der Waals surface area contributed by atoms with E-state index in [4.69, 9.17) is 20.0 Å². The Bertz CT molecular complexity index is 1720. The number of esters is 2. The quantitative estimate of drug-likeness (QED) is 0.0807. The molecule has 0 amide bonds. The van der Waals surface area contributed by atoms with Crippen LogP contribution in [0.2, 0.25) is 0 Å². The first-order valence-corrected chi connectivity index (χ1v) is 14.9. The number of nitrogens with zero attached hydrogens (tertiary/aromatic N) is 4. The summed E-state index contributed by atoms with van der Waals surface area (Å²) in [6.07, 6.45) is -1.22. The fourth-order valence-corrected chi connectivity index (χ4v) is 5.25. The van der Waals surface area contributed by atoms with Gasteiger partial charge >= 0.3 is 17.9 Å². The van der Waals surface area contributed by atoms with Crippen LogP contribution in [0.4, 0.5) is 22.7 Å². The number of nitro groups is 3. The lowest BCUT2D eigenvalue weighted by Gasteiger charge is -2.30. The maximum Gasteiger partial charge on any atom is 0.371 e. The lowest BCUT2D eigenvalue weighted by Crippen LogP contribution is -2.52. The van der Waals surface area contributed by atoms with E-state index in [1.165, 1.54) is 48.5 Å². The Morgan fingerprint density at radius 2 is 1.39 bits per heavy atom. The molecule has 1 aliphatic heterocycles. The highest BCUT2D eigenvalue weighted by molar-refractivity contribution is 5.86. The molecule has 1 heterocycles. The van der Waals surface area contributed by atoms with Crippen LogP contribution < -0.4 is 20.9 Å². The molecular weight excluding hydrogens is 648 g/mol. The van der Waals surface area contributed by atoms with Crippen molar-refractivity contribution in [1.29, 1.82) is 0 Å². The van der Waals surface area contributed by atoms with Crippen molar-refractivity contribution in [1.82, 2.24) is 5.48 Å². The van der Waals surface area contributed by atoms with Crippen LogP contribution in [0.1, 0.15) is 38.7 Å². The highest BCUT2D eigenvalue weighted by Gasteiger charge is 2.41. The van der Waals surface area contributed by atoms with Crippen LogP contribution in [0, 0.1) is 36.3 Å². The SMILES string of the molecule is CC(C)CC(N)(C(=O)ONC(OC(=O)C1CCCN1c1ccc([N+](=O)[O-])cc1)C(=O)Oc1ccc([N+](=O)[O-])cc1)c1ccc([N+](=O)[O-])cc1. The summed E-state index contributed by atoms with van der Waals surface area (Å²) in [5.74, 6) is -3.65. The predicted octanol–water partition coefficient (Wildman–Crippen LogP) is 3.80. The number of rotatable bonds is 14. The minimum absolute atomic E-state index is 0.00922. The van der Waals surface area contributed by atoms with Crippen molar-refractivity contribution in [3.05, 3.63) is 109 Å². The number of non-ortho nitro benzene ring substituents is 3. The van der Waals surface area contributed by atoms with Gasteiger partial charge in [0.1, 0.15) is 17.3 Å². The standard InChI is InChI=1S/C31H32N6O12/c1-19(2)18-31(32,20-5-7-22(8-6-20)35(41)42)30(40)49-33-27(29(39)47-25-15-13-24(14-16-25)37(45)46)48-28(38)26-4-3-17-34(26)21-9-11-23(12-10-21)36(43)44/h5-16,19,26-27,33H,3-4,17-18,32H2,1-2H3. The van der Waals surface area contributed by atoms with Crippen LogP contribution in [0.25, 0.3) is 0 Å². The third kappa shape index (κ3) is 8.67. The molecule has 0 aromatic heterocycles. The van der Waals surface area contributed by atoms with Crippen molar-refractivity contribution in [2.45, 2.75) is 50.9 Å². The Morgan fingerprint density at radius 3 is 1.90 bits per heavy atom. The Labute approximate surface area is 278 Å². The van der Waals surface area contributed by atoms with Crippen molar-refractivity contribution >= 4 is 40.7 Å². The molecule has 0 aliphatic carbocycles. The van der Waals surface area contributed by atoms with E-state index in [0.717, 1.165) is 24.3 Å². The molecule has 258 valence electrons. The number of benzene rings is 3. The number of anilines is 1. The van der Waals surface area contributed by atoms with E-state index in [9.17, 15) is 44.7 Å². The van der Waals surface area contributed by atoms with Crippen molar-refractivity contribution in [3.8, 4) is 5.75 Å². The molecule has 0 bridgehead atoms. The second-order valence-electron chi connectivity index (χ2n) is 11.5. The molecule has 3 unspecified atom stereocenters. The van der Waals surface area contributed by atoms with Gasteiger partial charge in [-0.3, -0.25) is 30.3 Å². The van der Waals surface area contributed by atoms with E-state index < -0.39 is 50.5 Å². The molecule has 3 atom stereocenters. The lowest BCUT2D eigenvalue weighted by molar-refractivity contribution is -0.385. The van der Waals surface area contributed by atoms with Crippen LogP contribution in [0.5, 0.6) is 5.75 Å². The molecule has 18 nitrogen and oxygen atoms in total. The number of ether oxygens (including phenoxy) is 2. The second-order valence-corrected chi connectivity index (χ2v) is 11.5. The Morgan fingerprint density at radius 1 is 0.878 bits per heavy atom. The molecule has 49 heavy (non-hydrogen) atoms. The van der Waals surface area contributed by atoms with E-state index in [1.54, 1.807) is 18.7 Å². The number of nitrogens with two attached hydrogens (primary N) is 1. The average molecular weight is 681 g/mol. The molecule has 0 spiro atoms. The zero-order chi connectivity index (χ0) is 35.9. The van der Waals surface area contributed by atoms with Gasteiger partial charge in [0.05, 0.1) is 14.8 Å². The van der Waals surface area contributed by atoms with Crippen molar-refractivity contribution in [2.75, 3.05) is 11.4 Å². The molecule has 1 saturated heterocycles. The van der Waals surface area contributed by atoms with E-state index in [2.05, 4.69) is 5.48 Å². The lowest BCUT2D eigenvalue weighted by atomic mass is 9.83. The van der Waals surface area contributed by atoms with Crippen LogP contribution in [-0.2, 0) is 29.5 Å². The van der Waals surface area contributed by atoms with Gasteiger partial charge < -0.3 is 24.9 Å². The molecule has 1 aliphatic rings. The van der Waals surface area contributed by atoms with Gasteiger partial charge in [-0.15, -0.1) is 5.48 Å². The van der Waals surface area contributed by atoms with E-state index in [1.807, 2.05) is 0 Å². The van der Waals surface area contributed by atoms with Gasteiger partial charge in [0.15, 0.2) is 0 Å². The Hall–Kier alpha value is -6.01. The van der Waals surface area contributed by atoms with Gasteiger partial charge in [-0.25, -0.2) is 14.4 Å². The minimum atomic E-state index is -2.06. The second kappa shape index (κ2) is 15.3. The average Bonchev–Trinajstić information content (AvgIpc) is 3.56. The Balaban J connectivity index is 1.57. The summed E-state index contributed by atoms with van der Waals surface area (Å²) in [6.45, 7) is 3.94. The molecule has 3 N–H and O–H groups in total. The first kappa shape index (κ1) is 35.8. The van der Waals surface area contributed by atoms with Crippen LogP contribution >= 0.6 is 0 Å². The maximum absolute atomic E-state index is 13.5.